The Balaban J connectivity index is 0.00000280. The van der Waals surface area contributed by atoms with Crippen molar-refractivity contribution in [3.8, 4) is 0 Å². The van der Waals surface area contributed by atoms with Crippen molar-refractivity contribution in [1.82, 2.24) is 20.4 Å². The van der Waals surface area contributed by atoms with Crippen LogP contribution in [0.15, 0.2) is 29.3 Å². The molecule has 2 N–H and O–H groups in total. The second kappa shape index (κ2) is 11.4. The van der Waals surface area contributed by atoms with Crippen molar-refractivity contribution < 1.29 is 0 Å². The summed E-state index contributed by atoms with van der Waals surface area (Å²) in [7, 11) is 4.06. The molecule has 0 amide bonds. The molecule has 6 heteroatoms. The molecule has 0 bridgehead atoms. The van der Waals surface area contributed by atoms with E-state index in [-0.39, 0.29) is 24.0 Å². The Hall–Kier alpha value is -0.860. The normalized spacial score (nSPS) is 20.2. The fraction of sp³-hybridized carbons (Fsp3) is 0.682. The number of nitrogens with one attached hydrogen (secondary N) is 2. The summed E-state index contributed by atoms with van der Waals surface area (Å²) >= 11 is 0. The summed E-state index contributed by atoms with van der Waals surface area (Å²) in [6, 6.07) is 9.02. The molecule has 1 aliphatic heterocycles. The maximum absolute atomic E-state index is 4.38. The van der Waals surface area contributed by atoms with Crippen molar-refractivity contribution in [2.75, 3.05) is 46.8 Å². The number of aliphatic imine (C=N–C) groups is 1. The molecule has 1 saturated carbocycles. The topological polar surface area (TPSA) is 42.9 Å². The fourth-order valence-electron chi connectivity index (χ4n) is 4.04. The third-order valence-electron chi connectivity index (χ3n) is 6.50. The molecule has 1 aromatic carbocycles. The van der Waals surface area contributed by atoms with E-state index in [9.17, 15) is 0 Å². The monoisotopic (exact) mass is 499 g/mol. The van der Waals surface area contributed by atoms with Crippen LogP contribution < -0.4 is 10.6 Å². The molecular formula is C22H38IN5. The molecule has 2 aliphatic rings. The highest BCUT2D eigenvalue weighted by atomic mass is 127. The second-order valence-electron chi connectivity index (χ2n) is 8.38. The van der Waals surface area contributed by atoms with Crippen molar-refractivity contribution in [3.05, 3.63) is 35.4 Å². The lowest BCUT2D eigenvalue weighted by Crippen LogP contribution is -2.46. The molecule has 158 valence electrons. The van der Waals surface area contributed by atoms with E-state index in [2.05, 4.69) is 63.7 Å². The highest BCUT2D eigenvalue weighted by molar-refractivity contribution is 14.0. The van der Waals surface area contributed by atoms with Crippen molar-refractivity contribution in [2.45, 2.75) is 45.7 Å². The van der Waals surface area contributed by atoms with E-state index in [0.717, 1.165) is 25.6 Å². The Kier molecular flexibility index (Phi) is 9.50. The van der Waals surface area contributed by atoms with Crippen LogP contribution in [-0.4, -0.2) is 62.6 Å². The molecule has 1 aliphatic carbocycles. The van der Waals surface area contributed by atoms with Crippen LogP contribution in [0.2, 0.25) is 0 Å². The van der Waals surface area contributed by atoms with Crippen molar-refractivity contribution in [3.63, 3.8) is 0 Å². The maximum Gasteiger partial charge on any atom is 0.191 e. The zero-order valence-electron chi connectivity index (χ0n) is 17.8. The average Bonchev–Trinajstić information content (AvgIpc) is 2.66. The highest BCUT2D eigenvalue weighted by Crippen LogP contribution is 2.42. The molecule has 5 nitrogen and oxygen atoms in total. The smallest absolute Gasteiger partial charge is 0.191 e. The van der Waals surface area contributed by atoms with E-state index in [1.54, 1.807) is 0 Å². The Morgan fingerprint density at radius 3 is 2.21 bits per heavy atom. The first kappa shape index (κ1) is 23.4. The number of rotatable bonds is 7. The Labute approximate surface area is 188 Å². The first-order valence-corrected chi connectivity index (χ1v) is 10.6. The average molecular weight is 499 g/mol. The van der Waals surface area contributed by atoms with Gasteiger partial charge in [-0.2, -0.15) is 0 Å². The van der Waals surface area contributed by atoms with Gasteiger partial charge in [0.25, 0.3) is 0 Å². The molecule has 1 aromatic rings. The first-order valence-electron chi connectivity index (χ1n) is 10.6. The zero-order chi connectivity index (χ0) is 19.1. The van der Waals surface area contributed by atoms with Gasteiger partial charge in [0.15, 0.2) is 5.96 Å². The Morgan fingerprint density at radius 1 is 1.04 bits per heavy atom. The van der Waals surface area contributed by atoms with Crippen molar-refractivity contribution >= 4 is 29.9 Å². The van der Waals surface area contributed by atoms with Crippen LogP contribution in [0.3, 0.4) is 0 Å². The molecule has 2 fully saturated rings. The van der Waals surface area contributed by atoms with Gasteiger partial charge in [-0.05, 0) is 42.9 Å². The van der Waals surface area contributed by atoms with Crippen LogP contribution in [0.1, 0.15) is 43.7 Å². The maximum atomic E-state index is 4.38. The number of halogens is 1. The largest absolute Gasteiger partial charge is 0.356 e. The summed E-state index contributed by atoms with van der Waals surface area (Å²) in [5.41, 5.74) is 3.21. The van der Waals surface area contributed by atoms with E-state index in [0.29, 0.717) is 5.41 Å². The third kappa shape index (κ3) is 6.59. The van der Waals surface area contributed by atoms with Gasteiger partial charge >= 0.3 is 0 Å². The van der Waals surface area contributed by atoms with Crippen LogP contribution in [0, 0.1) is 5.41 Å². The highest BCUT2D eigenvalue weighted by Gasteiger charge is 2.34. The van der Waals surface area contributed by atoms with Crippen LogP contribution in [0.5, 0.6) is 0 Å². The molecule has 3 rings (SSSR count). The standard InChI is InChI=1S/C22H37N5.HI/c1-4-22(10-5-11-22)18-25-21(23-2)24-16-19-6-8-20(9-7-19)17-27-14-12-26(3)13-15-27;/h6-9H,4-5,10-18H2,1-3H3,(H2,23,24,25);1H. The number of benzene rings is 1. The van der Waals surface area contributed by atoms with Gasteiger partial charge in [-0.15, -0.1) is 24.0 Å². The first-order chi connectivity index (χ1) is 13.1. The SMILES string of the molecule is CCC1(CNC(=NC)NCc2ccc(CN3CCN(C)CC3)cc2)CCC1.I. The molecule has 0 unspecified atom stereocenters. The van der Waals surface area contributed by atoms with Gasteiger partial charge in [0.2, 0.25) is 0 Å². The third-order valence-corrected chi connectivity index (χ3v) is 6.50. The van der Waals surface area contributed by atoms with Gasteiger partial charge in [0.1, 0.15) is 0 Å². The molecule has 0 spiro atoms. The van der Waals surface area contributed by atoms with Gasteiger partial charge in [0.05, 0.1) is 0 Å². The predicted octanol–water partition coefficient (Wildman–Crippen LogP) is 3.30. The van der Waals surface area contributed by atoms with Crippen LogP contribution in [0.25, 0.3) is 0 Å². The quantitative estimate of drug-likeness (QED) is 0.343. The molecule has 1 saturated heterocycles. The number of guanidine groups is 1. The fourth-order valence-corrected chi connectivity index (χ4v) is 4.04. The van der Waals surface area contributed by atoms with Gasteiger partial charge < -0.3 is 15.5 Å². The van der Waals surface area contributed by atoms with E-state index < -0.39 is 0 Å². The van der Waals surface area contributed by atoms with E-state index in [4.69, 9.17) is 0 Å². The van der Waals surface area contributed by atoms with E-state index in [1.807, 2.05) is 7.05 Å². The molecule has 28 heavy (non-hydrogen) atoms. The Morgan fingerprint density at radius 2 is 1.68 bits per heavy atom. The number of hydrogen-bond acceptors (Lipinski definition) is 3. The molecule has 0 atom stereocenters. The second-order valence-corrected chi connectivity index (χ2v) is 8.38. The number of nitrogens with zero attached hydrogens (tertiary/aromatic N) is 3. The van der Waals surface area contributed by atoms with Crippen molar-refractivity contribution in [2.24, 2.45) is 10.4 Å². The van der Waals surface area contributed by atoms with Crippen LogP contribution in [-0.2, 0) is 13.1 Å². The van der Waals surface area contributed by atoms with Gasteiger partial charge in [-0.3, -0.25) is 9.89 Å². The molecular weight excluding hydrogens is 461 g/mol. The lowest BCUT2D eigenvalue weighted by Gasteiger charge is -2.41. The zero-order valence-corrected chi connectivity index (χ0v) is 20.2. The van der Waals surface area contributed by atoms with Gasteiger partial charge in [-0.1, -0.05) is 37.6 Å². The lowest BCUT2D eigenvalue weighted by molar-refractivity contribution is 0.131. The minimum absolute atomic E-state index is 0. The summed E-state index contributed by atoms with van der Waals surface area (Å²) in [5, 5.41) is 6.99. The van der Waals surface area contributed by atoms with Gasteiger partial charge in [-0.25, -0.2) is 0 Å². The summed E-state index contributed by atoms with van der Waals surface area (Å²) in [6.45, 7) is 9.90. The number of piperazine rings is 1. The minimum atomic E-state index is 0. The van der Waals surface area contributed by atoms with Crippen LogP contribution >= 0.6 is 24.0 Å². The molecule has 0 radical (unpaired) electrons. The summed E-state index contributed by atoms with van der Waals surface area (Å²) < 4.78 is 0. The minimum Gasteiger partial charge on any atom is -0.356 e. The summed E-state index contributed by atoms with van der Waals surface area (Å²) in [6.07, 6.45) is 5.33. The summed E-state index contributed by atoms with van der Waals surface area (Å²) in [4.78, 5) is 9.33. The van der Waals surface area contributed by atoms with E-state index >= 15 is 0 Å². The van der Waals surface area contributed by atoms with E-state index in [1.165, 1.54) is 63.0 Å². The molecule has 0 aromatic heterocycles. The van der Waals surface area contributed by atoms with Gasteiger partial charge in [0, 0.05) is 52.9 Å². The molecule has 1 heterocycles. The summed E-state index contributed by atoms with van der Waals surface area (Å²) in [5.74, 6) is 0.913. The number of likely N-dealkylation sites (N-methyl/N-ethyl adjacent to an activating group) is 1. The van der Waals surface area contributed by atoms with Crippen molar-refractivity contribution in [1.29, 1.82) is 0 Å². The number of hydrogen-bond donors (Lipinski definition) is 2. The predicted molar refractivity (Wildman–Crippen MR) is 129 cm³/mol. The Bertz CT molecular complexity index is 598. The van der Waals surface area contributed by atoms with Crippen LogP contribution in [0.4, 0.5) is 0 Å². The lowest BCUT2D eigenvalue weighted by atomic mass is 9.67.